The molecule has 3 aromatic rings. The summed E-state index contributed by atoms with van der Waals surface area (Å²) in [4.78, 5) is 0.155. The van der Waals surface area contributed by atoms with Gasteiger partial charge >= 0.3 is 0 Å². The number of rotatable bonds is 4. The Morgan fingerprint density at radius 3 is 2.85 bits per heavy atom. The highest BCUT2D eigenvalue weighted by Gasteiger charge is 2.36. The van der Waals surface area contributed by atoms with Crippen LogP contribution in [0, 0.1) is 13.8 Å². The topological polar surface area (TPSA) is 102 Å². The number of hydrogen-bond donors (Lipinski definition) is 0. The maximum atomic E-state index is 13.0. The summed E-state index contributed by atoms with van der Waals surface area (Å²) in [5.41, 5.74) is 1.26. The maximum absolute atomic E-state index is 13.0. The molecule has 1 saturated heterocycles. The van der Waals surface area contributed by atoms with Crippen molar-refractivity contribution in [1.82, 2.24) is 19.7 Å². The van der Waals surface area contributed by atoms with Gasteiger partial charge < -0.3 is 8.94 Å². The van der Waals surface area contributed by atoms with Gasteiger partial charge in [-0.15, -0.1) is 10.2 Å². The standard InChI is InChI=1S/C16H18N4O4S2/c1-10-14(11(2)24-19-10)26(21,22)20-6-3-4-12(8-20)15-17-18-16(23-15)13-5-7-25-9-13/h5,7,9,12H,3-4,6,8H2,1-2H3. The normalized spacial score (nSPS) is 19.1. The zero-order valence-corrected chi connectivity index (χ0v) is 16.0. The molecule has 1 aliphatic rings. The first-order chi connectivity index (χ1) is 12.5. The van der Waals surface area contributed by atoms with Gasteiger partial charge in [0.1, 0.15) is 10.6 Å². The lowest BCUT2D eigenvalue weighted by atomic mass is 10.00. The maximum Gasteiger partial charge on any atom is 0.248 e. The molecule has 1 aliphatic heterocycles. The van der Waals surface area contributed by atoms with Crippen molar-refractivity contribution in [3.63, 3.8) is 0 Å². The fourth-order valence-corrected chi connectivity index (χ4v) is 5.68. The Bertz CT molecular complexity index is 988. The number of nitrogens with zero attached hydrogens (tertiary/aromatic N) is 4. The number of piperidine rings is 1. The molecular formula is C16H18N4O4S2. The minimum absolute atomic E-state index is 0.126. The highest BCUT2D eigenvalue weighted by molar-refractivity contribution is 7.89. The summed E-state index contributed by atoms with van der Waals surface area (Å²) >= 11 is 1.55. The van der Waals surface area contributed by atoms with Crippen LogP contribution in [0.5, 0.6) is 0 Å². The Balaban J connectivity index is 1.58. The van der Waals surface area contributed by atoms with E-state index in [0.29, 0.717) is 36.3 Å². The van der Waals surface area contributed by atoms with E-state index in [1.165, 1.54) is 4.31 Å². The molecule has 4 heterocycles. The molecule has 0 N–H and O–H groups in total. The number of hydrogen-bond acceptors (Lipinski definition) is 8. The molecule has 0 bridgehead atoms. The Labute approximate surface area is 154 Å². The van der Waals surface area contributed by atoms with Crippen LogP contribution in [0.15, 0.2) is 30.7 Å². The smallest absolute Gasteiger partial charge is 0.248 e. The Hall–Kier alpha value is -2.04. The Morgan fingerprint density at radius 1 is 1.31 bits per heavy atom. The summed E-state index contributed by atoms with van der Waals surface area (Å²) < 4.78 is 38.3. The van der Waals surface area contributed by atoms with E-state index in [0.717, 1.165) is 18.4 Å². The van der Waals surface area contributed by atoms with Gasteiger partial charge in [0.05, 0.1) is 5.92 Å². The lowest BCUT2D eigenvalue weighted by Crippen LogP contribution is -2.39. The van der Waals surface area contributed by atoms with Crippen LogP contribution in [0.4, 0.5) is 0 Å². The van der Waals surface area contributed by atoms with Gasteiger partial charge in [0.15, 0.2) is 5.76 Å². The van der Waals surface area contributed by atoms with Gasteiger partial charge in [0, 0.05) is 24.0 Å². The van der Waals surface area contributed by atoms with Gasteiger partial charge in [0.2, 0.25) is 21.8 Å². The van der Waals surface area contributed by atoms with Crippen LogP contribution in [-0.4, -0.2) is 41.2 Å². The number of thiophene rings is 1. The highest BCUT2D eigenvalue weighted by Crippen LogP contribution is 2.32. The molecule has 8 nitrogen and oxygen atoms in total. The van der Waals surface area contributed by atoms with Crippen molar-refractivity contribution in [3.8, 4) is 11.5 Å². The minimum Gasteiger partial charge on any atom is -0.420 e. The minimum atomic E-state index is -3.67. The molecule has 0 spiro atoms. The molecule has 0 aromatic carbocycles. The second kappa shape index (κ2) is 6.60. The molecular weight excluding hydrogens is 376 g/mol. The van der Waals surface area contributed by atoms with E-state index in [4.69, 9.17) is 8.94 Å². The summed E-state index contributed by atoms with van der Waals surface area (Å²) in [5.74, 6) is 1.12. The predicted octanol–water partition coefficient (Wildman–Crippen LogP) is 2.97. The second-order valence-corrected chi connectivity index (χ2v) is 8.97. The number of aryl methyl sites for hydroxylation is 2. The Morgan fingerprint density at radius 2 is 2.15 bits per heavy atom. The van der Waals surface area contributed by atoms with E-state index >= 15 is 0 Å². The highest BCUT2D eigenvalue weighted by atomic mass is 32.2. The molecule has 1 fully saturated rings. The molecule has 1 unspecified atom stereocenters. The molecule has 10 heteroatoms. The summed E-state index contributed by atoms with van der Waals surface area (Å²) in [7, 11) is -3.67. The summed E-state index contributed by atoms with van der Waals surface area (Å²) in [6.45, 7) is 4.00. The van der Waals surface area contributed by atoms with Crippen molar-refractivity contribution in [2.45, 2.75) is 37.5 Å². The SMILES string of the molecule is Cc1noc(C)c1S(=O)(=O)N1CCCC(c2nnc(-c3ccsc3)o2)C1. The van der Waals surface area contributed by atoms with E-state index < -0.39 is 10.0 Å². The van der Waals surface area contributed by atoms with Crippen molar-refractivity contribution >= 4 is 21.4 Å². The van der Waals surface area contributed by atoms with Crippen LogP contribution >= 0.6 is 11.3 Å². The fraction of sp³-hybridized carbons (Fsp3) is 0.438. The molecule has 3 aromatic heterocycles. The van der Waals surface area contributed by atoms with Crippen LogP contribution < -0.4 is 0 Å². The van der Waals surface area contributed by atoms with Gasteiger partial charge in [-0.2, -0.15) is 15.6 Å². The summed E-state index contributed by atoms with van der Waals surface area (Å²) in [5, 5.41) is 15.9. The summed E-state index contributed by atoms with van der Waals surface area (Å²) in [6.07, 6.45) is 1.53. The lowest BCUT2D eigenvalue weighted by molar-refractivity contribution is 0.285. The average molecular weight is 394 g/mol. The van der Waals surface area contributed by atoms with Gasteiger partial charge in [-0.05, 0) is 38.1 Å². The van der Waals surface area contributed by atoms with E-state index in [9.17, 15) is 8.42 Å². The van der Waals surface area contributed by atoms with E-state index in [2.05, 4.69) is 15.4 Å². The van der Waals surface area contributed by atoms with E-state index in [1.807, 2.05) is 16.8 Å². The van der Waals surface area contributed by atoms with E-state index in [1.54, 1.807) is 25.2 Å². The van der Waals surface area contributed by atoms with E-state index in [-0.39, 0.29) is 10.8 Å². The number of sulfonamides is 1. The van der Waals surface area contributed by atoms with Crippen LogP contribution in [0.3, 0.4) is 0 Å². The monoisotopic (exact) mass is 394 g/mol. The first kappa shape index (κ1) is 17.4. The molecule has 26 heavy (non-hydrogen) atoms. The molecule has 0 amide bonds. The van der Waals surface area contributed by atoms with Crippen LogP contribution in [0.25, 0.3) is 11.5 Å². The van der Waals surface area contributed by atoms with Crippen molar-refractivity contribution < 1.29 is 17.4 Å². The first-order valence-electron chi connectivity index (χ1n) is 8.26. The zero-order chi connectivity index (χ0) is 18.3. The molecule has 0 saturated carbocycles. The van der Waals surface area contributed by atoms with Gasteiger partial charge in [-0.25, -0.2) is 8.42 Å². The Kier molecular flexibility index (Phi) is 4.41. The third-order valence-corrected chi connectivity index (χ3v) is 7.30. The van der Waals surface area contributed by atoms with Crippen molar-refractivity contribution in [1.29, 1.82) is 0 Å². The quantitative estimate of drug-likeness (QED) is 0.670. The fourth-order valence-electron chi connectivity index (χ4n) is 3.24. The van der Waals surface area contributed by atoms with Gasteiger partial charge in [0.25, 0.3) is 0 Å². The third kappa shape index (κ3) is 2.97. The number of aromatic nitrogens is 3. The largest absolute Gasteiger partial charge is 0.420 e. The second-order valence-electron chi connectivity index (χ2n) is 6.31. The van der Waals surface area contributed by atoms with Crippen molar-refractivity contribution in [3.05, 3.63) is 34.2 Å². The molecule has 0 radical (unpaired) electrons. The molecule has 1 atom stereocenters. The molecule has 0 aliphatic carbocycles. The lowest BCUT2D eigenvalue weighted by Gasteiger charge is -2.30. The zero-order valence-electron chi connectivity index (χ0n) is 14.4. The average Bonchev–Trinajstić information content (AvgIpc) is 3.35. The molecule has 4 rings (SSSR count). The van der Waals surface area contributed by atoms with Gasteiger partial charge in [-0.1, -0.05) is 5.16 Å². The molecule has 138 valence electrons. The van der Waals surface area contributed by atoms with Crippen molar-refractivity contribution in [2.75, 3.05) is 13.1 Å². The van der Waals surface area contributed by atoms with Crippen molar-refractivity contribution in [2.24, 2.45) is 0 Å². The van der Waals surface area contributed by atoms with Crippen LogP contribution in [0.2, 0.25) is 0 Å². The predicted molar refractivity (Wildman–Crippen MR) is 94.3 cm³/mol. The van der Waals surface area contributed by atoms with Gasteiger partial charge in [-0.3, -0.25) is 0 Å². The third-order valence-electron chi connectivity index (χ3n) is 4.51. The van der Waals surface area contributed by atoms with Crippen LogP contribution in [-0.2, 0) is 10.0 Å². The summed E-state index contributed by atoms with van der Waals surface area (Å²) in [6, 6.07) is 1.91. The first-order valence-corrected chi connectivity index (χ1v) is 10.6. The van der Waals surface area contributed by atoms with Crippen LogP contribution in [0.1, 0.15) is 36.1 Å².